The number of carbonyl (C=O) groups excluding carboxylic acids is 1. The minimum absolute atomic E-state index is 0.00579. The number of carboxylic acids is 1. The average Bonchev–Trinajstić information content (AvgIpc) is 2.94. The fourth-order valence-electron chi connectivity index (χ4n) is 3.65. The van der Waals surface area contributed by atoms with Crippen LogP contribution in [0.2, 0.25) is 0 Å². The summed E-state index contributed by atoms with van der Waals surface area (Å²) in [5.41, 5.74) is 0.165. The number of hydrogen-bond acceptors (Lipinski definition) is 5. The predicted octanol–water partition coefficient (Wildman–Crippen LogP) is 1.34. The Bertz CT molecular complexity index is 575. The van der Waals surface area contributed by atoms with E-state index in [1.54, 1.807) is 6.07 Å². The average molecular weight is 305 g/mol. The molecule has 2 aliphatic rings. The summed E-state index contributed by atoms with van der Waals surface area (Å²) >= 11 is 0. The van der Waals surface area contributed by atoms with E-state index in [0.717, 1.165) is 25.7 Å². The summed E-state index contributed by atoms with van der Waals surface area (Å²) in [4.78, 5) is 25.8. The van der Waals surface area contributed by atoms with Gasteiger partial charge in [0.05, 0.1) is 7.11 Å². The van der Waals surface area contributed by atoms with Crippen LogP contribution in [0.4, 0.5) is 0 Å². The van der Waals surface area contributed by atoms with Gasteiger partial charge >= 0.3 is 5.97 Å². The molecule has 0 unspecified atom stereocenters. The lowest BCUT2D eigenvalue weighted by atomic mass is 9.84. The van der Waals surface area contributed by atoms with Crippen molar-refractivity contribution in [2.24, 2.45) is 5.92 Å². The molecular formula is C15H19N3O4. The van der Waals surface area contributed by atoms with Crippen molar-refractivity contribution in [3.8, 4) is 5.88 Å². The lowest BCUT2D eigenvalue weighted by Crippen LogP contribution is -2.46. The van der Waals surface area contributed by atoms with Gasteiger partial charge in [0, 0.05) is 12.1 Å². The number of fused-ring (bicyclic) bond motifs is 1. The maximum Gasteiger partial charge on any atom is 0.326 e. The molecule has 2 heterocycles. The first-order valence-electron chi connectivity index (χ1n) is 7.55. The highest BCUT2D eigenvalue weighted by molar-refractivity contribution is 5.95. The van der Waals surface area contributed by atoms with E-state index in [2.05, 4.69) is 10.2 Å². The van der Waals surface area contributed by atoms with Gasteiger partial charge in [-0.1, -0.05) is 12.8 Å². The monoisotopic (exact) mass is 305 g/mol. The van der Waals surface area contributed by atoms with Crippen molar-refractivity contribution in [3.05, 3.63) is 17.8 Å². The Hall–Kier alpha value is -2.18. The molecule has 0 spiro atoms. The molecule has 1 N–H and O–H groups in total. The van der Waals surface area contributed by atoms with E-state index in [4.69, 9.17) is 4.74 Å². The van der Waals surface area contributed by atoms with Gasteiger partial charge in [-0.15, -0.1) is 10.2 Å². The van der Waals surface area contributed by atoms with Gasteiger partial charge in [-0.3, -0.25) is 4.79 Å². The molecule has 118 valence electrons. The van der Waals surface area contributed by atoms with Crippen LogP contribution in [-0.4, -0.2) is 51.3 Å². The largest absolute Gasteiger partial charge is 0.480 e. The zero-order chi connectivity index (χ0) is 15.7. The van der Waals surface area contributed by atoms with Gasteiger partial charge in [-0.05, 0) is 31.2 Å². The number of methoxy groups -OCH3 is 1. The molecule has 3 rings (SSSR count). The molecule has 0 bridgehead atoms. The van der Waals surface area contributed by atoms with Crippen molar-refractivity contribution in [1.29, 1.82) is 0 Å². The molecule has 3 atom stereocenters. The molecule has 1 amide bonds. The fourth-order valence-corrected chi connectivity index (χ4v) is 3.65. The SMILES string of the molecule is COc1ccc(C(=O)N2[C@H](C(=O)O)C[C@@H]3CCCC[C@@H]32)nn1. The molecule has 1 aromatic rings. The zero-order valence-corrected chi connectivity index (χ0v) is 12.4. The summed E-state index contributed by atoms with van der Waals surface area (Å²) in [5, 5.41) is 17.1. The third kappa shape index (κ3) is 2.51. The second-order valence-corrected chi connectivity index (χ2v) is 5.87. The van der Waals surface area contributed by atoms with Gasteiger partial charge in [-0.25, -0.2) is 4.79 Å². The lowest BCUT2D eigenvalue weighted by Gasteiger charge is -2.32. The first kappa shape index (κ1) is 14.7. The van der Waals surface area contributed by atoms with E-state index in [9.17, 15) is 14.7 Å². The Morgan fingerprint density at radius 3 is 2.68 bits per heavy atom. The summed E-state index contributed by atoms with van der Waals surface area (Å²) < 4.78 is 4.93. The predicted molar refractivity (Wildman–Crippen MR) is 76.5 cm³/mol. The number of ether oxygens (including phenoxy) is 1. The van der Waals surface area contributed by atoms with Crippen LogP contribution in [-0.2, 0) is 4.79 Å². The van der Waals surface area contributed by atoms with Crippen LogP contribution >= 0.6 is 0 Å². The number of carbonyl (C=O) groups is 2. The maximum absolute atomic E-state index is 12.7. The van der Waals surface area contributed by atoms with Crippen molar-refractivity contribution < 1.29 is 19.4 Å². The third-order valence-electron chi connectivity index (χ3n) is 4.68. The van der Waals surface area contributed by atoms with E-state index in [1.165, 1.54) is 18.1 Å². The third-order valence-corrected chi connectivity index (χ3v) is 4.68. The van der Waals surface area contributed by atoms with E-state index in [0.29, 0.717) is 12.3 Å². The summed E-state index contributed by atoms with van der Waals surface area (Å²) in [6.07, 6.45) is 4.54. The number of aliphatic carboxylic acids is 1. The highest BCUT2D eigenvalue weighted by Gasteiger charge is 2.48. The summed E-state index contributed by atoms with van der Waals surface area (Å²) in [6.45, 7) is 0. The van der Waals surface area contributed by atoms with Crippen molar-refractivity contribution >= 4 is 11.9 Å². The first-order valence-corrected chi connectivity index (χ1v) is 7.55. The van der Waals surface area contributed by atoms with Crippen LogP contribution < -0.4 is 4.74 Å². The lowest BCUT2D eigenvalue weighted by molar-refractivity contribution is -0.141. The molecule has 22 heavy (non-hydrogen) atoms. The molecule has 7 nitrogen and oxygen atoms in total. The van der Waals surface area contributed by atoms with Crippen molar-refractivity contribution in [2.45, 2.75) is 44.2 Å². The Labute approximate surface area is 128 Å². The van der Waals surface area contributed by atoms with Crippen molar-refractivity contribution in [3.63, 3.8) is 0 Å². The van der Waals surface area contributed by atoms with Crippen LogP contribution in [0.15, 0.2) is 12.1 Å². The molecule has 0 aromatic carbocycles. The number of carboxylic acid groups (broad SMARTS) is 1. The molecule has 1 aliphatic heterocycles. The zero-order valence-electron chi connectivity index (χ0n) is 12.4. The van der Waals surface area contributed by atoms with Gasteiger partial charge in [0.2, 0.25) is 5.88 Å². The molecule has 1 saturated heterocycles. The Morgan fingerprint density at radius 2 is 2.05 bits per heavy atom. The van der Waals surface area contributed by atoms with Crippen LogP contribution in [0.5, 0.6) is 5.88 Å². The molecule has 0 radical (unpaired) electrons. The standard InChI is InChI=1S/C15H19N3O4/c1-22-13-7-6-10(16-17-13)14(19)18-11-5-3-2-4-9(11)8-12(18)15(20)21/h6-7,9,11-12H,2-5,8H2,1H3,(H,20,21)/t9-,11-,12-/m0/s1. The Balaban J connectivity index is 1.88. The topological polar surface area (TPSA) is 92.6 Å². The van der Waals surface area contributed by atoms with Gasteiger partial charge < -0.3 is 14.7 Å². The fraction of sp³-hybridized carbons (Fsp3) is 0.600. The van der Waals surface area contributed by atoms with E-state index >= 15 is 0 Å². The second kappa shape index (κ2) is 5.90. The molecule has 2 fully saturated rings. The number of aromatic nitrogens is 2. The number of amides is 1. The number of likely N-dealkylation sites (tertiary alicyclic amines) is 1. The van der Waals surface area contributed by atoms with E-state index in [1.807, 2.05) is 0 Å². The number of rotatable bonds is 3. The smallest absolute Gasteiger partial charge is 0.326 e. The minimum atomic E-state index is -0.941. The summed E-state index contributed by atoms with van der Waals surface area (Å²) in [6, 6.07) is 2.34. The van der Waals surface area contributed by atoms with Crippen molar-refractivity contribution in [1.82, 2.24) is 15.1 Å². The molecule has 1 aromatic heterocycles. The normalized spacial score (nSPS) is 27.3. The number of hydrogen-bond donors (Lipinski definition) is 1. The van der Waals surface area contributed by atoms with E-state index < -0.39 is 12.0 Å². The number of nitrogens with zero attached hydrogens (tertiary/aromatic N) is 3. The van der Waals surface area contributed by atoms with Crippen LogP contribution in [0, 0.1) is 5.92 Å². The minimum Gasteiger partial charge on any atom is -0.480 e. The van der Waals surface area contributed by atoms with Crippen LogP contribution in [0.25, 0.3) is 0 Å². The van der Waals surface area contributed by atoms with E-state index in [-0.39, 0.29) is 23.6 Å². The Morgan fingerprint density at radius 1 is 1.27 bits per heavy atom. The van der Waals surface area contributed by atoms with Gasteiger partial charge in [0.15, 0.2) is 5.69 Å². The van der Waals surface area contributed by atoms with Gasteiger partial charge in [0.1, 0.15) is 6.04 Å². The highest BCUT2D eigenvalue weighted by atomic mass is 16.5. The molecule has 1 aliphatic carbocycles. The molecule has 7 heteroatoms. The maximum atomic E-state index is 12.7. The highest BCUT2D eigenvalue weighted by Crippen LogP contribution is 2.40. The second-order valence-electron chi connectivity index (χ2n) is 5.87. The van der Waals surface area contributed by atoms with Crippen LogP contribution in [0.1, 0.15) is 42.6 Å². The summed E-state index contributed by atoms with van der Waals surface area (Å²) in [7, 11) is 1.47. The van der Waals surface area contributed by atoms with Gasteiger partial charge in [0.25, 0.3) is 5.91 Å². The Kier molecular flexibility index (Phi) is 3.96. The molecular weight excluding hydrogens is 286 g/mol. The van der Waals surface area contributed by atoms with Gasteiger partial charge in [-0.2, -0.15) is 0 Å². The summed E-state index contributed by atoms with van der Waals surface area (Å²) in [5.74, 6) is -0.686. The molecule has 1 saturated carbocycles. The van der Waals surface area contributed by atoms with Crippen molar-refractivity contribution in [2.75, 3.05) is 7.11 Å². The quantitative estimate of drug-likeness (QED) is 0.906. The first-order chi connectivity index (χ1) is 10.6. The van der Waals surface area contributed by atoms with Crippen LogP contribution in [0.3, 0.4) is 0 Å².